The first-order valence-electron chi connectivity index (χ1n) is 12.2. The molecule has 11 nitrogen and oxygen atoms in total. The number of benzene rings is 1. The van der Waals surface area contributed by atoms with Crippen molar-refractivity contribution in [3.05, 3.63) is 29.8 Å². The van der Waals surface area contributed by atoms with E-state index in [1.165, 1.54) is 19.1 Å². The van der Waals surface area contributed by atoms with E-state index >= 15 is 0 Å². The van der Waals surface area contributed by atoms with Crippen LogP contribution in [0.2, 0.25) is 0 Å². The fraction of sp³-hybridized carbons (Fsp3) is 0.600. The first-order chi connectivity index (χ1) is 16.8. The Morgan fingerprint density at radius 2 is 1.22 bits per heavy atom. The molecule has 0 saturated heterocycles. The van der Waals surface area contributed by atoms with Gasteiger partial charge in [0.15, 0.2) is 6.04 Å². The molecule has 1 rings (SSSR count). The topological polar surface area (TPSA) is 191 Å². The van der Waals surface area contributed by atoms with Crippen molar-refractivity contribution >= 4 is 23.7 Å². The molecule has 11 heteroatoms. The van der Waals surface area contributed by atoms with Gasteiger partial charge in [-0.05, 0) is 42.9 Å². The summed E-state index contributed by atoms with van der Waals surface area (Å²) in [7, 11) is 0. The summed E-state index contributed by atoms with van der Waals surface area (Å²) in [4.78, 5) is 50.4. The molecule has 3 amide bonds. The van der Waals surface area contributed by atoms with E-state index in [9.17, 15) is 34.5 Å². The highest BCUT2D eigenvalue weighted by Gasteiger charge is 2.35. The van der Waals surface area contributed by atoms with Crippen LogP contribution in [0.1, 0.15) is 53.0 Å². The molecule has 0 aliphatic heterocycles. The normalized spacial score (nSPS) is 17.0. The van der Waals surface area contributed by atoms with Gasteiger partial charge >= 0.3 is 5.97 Å². The summed E-state index contributed by atoms with van der Waals surface area (Å²) in [5.41, 5.74) is 6.79. The third-order valence-corrected chi connectivity index (χ3v) is 6.36. The van der Waals surface area contributed by atoms with Crippen LogP contribution in [-0.4, -0.2) is 69.3 Å². The number of nitrogens with one attached hydrogen (secondary N) is 3. The SMILES string of the molecule is CCC(C)C(NC(=O)C(N)Cc1ccc(O)cc1)C(=O)NC(C(=O)NC(C(=O)O)C(C)O)C(C)CC. The highest BCUT2D eigenvalue weighted by molar-refractivity contribution is 5.94. The minimum absolute atomic E-state index is 0.0910. The summed E-state index contributed by atoms with van der Waals surface area (Å²) in [6, 6.07) is 1.71. The minimum atomic E-state index is -1.54. The standard InChI is InChI=1S/C25H40N4O7/c1-6-13(3)19(27-22(32)18(26)12-16-8-10-17(31)11-9-16)23(33)28-20(14(4)7-2)24(34)29-21(15(5)30)25(35)36/h8-11,13-15,18-21,30-31H,6-7,12,26H2,1-5H3,(H,27,32)(H,28,33)(H,29,34)(H,35,36). The first kappa shape index (κ1) is 30.9. The van der Waals surface area contributed by atoms with Crippen LogP contribution in [-0.2, 0) is 25.6 Å². The summed E-state index contributed by atoms with van der Waals surface area (Å²) in [5, 5.41) is 36.0. The monoisotopic (exact) mass is 508 g/mol. The molecule has 0 radical (unpaired) electrons. The van der Waals surface area contributed by atoms with E-state index < -0.39 is 54.0 Å². The summed E-state index contributed by atoms with van der Waals surface area (Å²) in [6.45, 7) is 8.42. The molecule has 7 atom stereocenters. The van der Waals surface area contributed by atoms with Crippen LogP contribution >= 0.6 is 0 Å². The zero-order valence-electron chi connectivity index (χ0n) is 21.5. The van der Waals surface area contributed by atoms with E-state index in [1.54, 1.807) is 26.0 Å². The van der Waals surface area contributed by atoms with Crippen molar-refractivity contribution < 1.29 is 34.5 Å². The Morgan fingerprint density at radius 1 is 0.806 bits per heavy atom. The molecule has 0 bridgehead atoms. The number of aliphatic hydroxyl groups excluding tert-OH is 1. The average Bonchev–Trinajstić information content (AvgIpc) is 2.83. The van der Waals surface area contributed by atoms with E-state index in [0.29, 0.717) is 12.8 Å². The van der Waals surface area contributed by atoms with Gasteiger partial charge in [-0.25, -0.2) is 4.79 Å². The number of amides is 3. The molecule has 0 heterocycles. The van der Waals surface area contributed by atoms with Gasteiger partial charge < -0.3 is 37.0 Å². The number of aliphatic carboxylic acids is 1. The number of carbonyl (C=O) groups excluding carboxylic acids is 3. The number of hydrogen-bond acceptors (Lipinski definition) is 7. The number of aliphatic hydroxyl groups is 1. The number of aromatic hydroxyl groups is 1. The lowest BCUT2D eigenvalue weighted by Crippen LogP contribution is -2.60. The molecule has 0 fully saturated rings. The van der Waals surface area contributed by atoms with Gasteiger partial charge in [-0.2, -0.15) is 0 Å². The lowest BCUT2D eigenvalue weighted by atomic mass is 9.94. The predicted octanol–water partition coefficient (Wildman–Crippen LogP) is 0.274. The van der Waals surface area contributed by atoms with Gasteiger partial charge in [0.1, 0.15) is 17.8 Å². The second-order valence-corrected chi connectivity index (χ2v) is 9.29. The number of carbonyl (C=O) groups is 4. The van der Waals surface area contributed by atoms with Crippen LogP contribution in [0.3, 0.4) is 0 Å². The summed E-state index contributed by atoms with van der Waals surface area (Å²) < 4.78 is 0. The smallest absolute Gasteiger partial charge is 0.328 e. The van der Waals surface area contributed by atoms with Gasteiger partial charge in [-0.3, -0.25) is 14.4 Å². The zero-order chi connectivity index (χ0) is 27.6. The third kappa shape index (κ3) is 9.12. The molecule has 8 N–H and O–H groups in total. The van der Waals surface area contributed by atoms with Crippen LogP contribution in [0.15, 0.2) is 24.3 Å². The van der Waals surface area contributed by atoms with E-state index in [-0.39, 0.29) is 24.0 Å². The van der Waals surface area contributed by atoms with Crippen molar-refractivity contribution in [1.29, 1.82) is 0 Å². The third-order valence-electron chi connectivity index (χ3n) is 6.36. The highest BCUT2D eigenvalue weighted by Crippen LogP contribution is 2.14. The van der Waals surface area contributed by atoms with E-state index in [1.807, 2.05) is 13.8 Å². The largest absolute Gasteiger partial charge is 0.508 e. The van der Waals surface area contributed by atoms with Crippen molar-refractivity contribution in [2.24, 2.45) is 17.6 Å². The summed E-state index contributed by atoms with van der Waals surface area (Å²) in [6.07, 6.45) is -0.103. The van der Waals surface area contributed by atoms with Crippen LogP contribution in [0.25, 0.3) is 0 Å². The Labute approximate surface area is 211 Å². The van der Waals surface area contributed by atoms with Crippen molar-refractivity contribution in [2.45, 2.75) is 84.2 Å². The molecule has 202 valence electrons. The fourth-order valence-electron chi connectivity index (χ4n) is 3.52. The van der Waals surface area contributed by atoms with Gasteiger partial charge in [-0.15, -0.1) is 0 Å². The van der Waals surface area contributed by atoms with Gasteiger partial charge in [-0.1, -0.05) is 52.7 Å². The Bertz CT molecular complexity index is 891. The highest BCUT2D eigenvalue weighted by atomic mass is 16.4. The Hall–Kier alpha value is -3.18. The molecule has 0 saturated carbocycles. The lowest BCUT2D eigenvalue weighted by Gasteiger charge is -2.30. The van der Waals surface area contributed by atoms with Crippen molar-refractivity contribution in [1.82, 2.24) is 16.0 Å². The summed E-state index contributed by atoms with van der Waals surface area (Å²) in [5.74, 6) is -3.85. The molecular formula is C25H40N4O7. The van der Waals surface area contributed by atoms with E-state index in [0.717, 1.165) is 5.56 Å². The molecule has 0 spiro atoms. The van der Waals surface area contributed by atoms with Gasteiger partial charge in [0.25, 0.3) is 0 Å². The maximum Gasteiger partial charge on any atom is 0.328 e. The molecule has 0 aliphatic carbocycles. The van der Waals surface area contributed by atoms with Crippen molar-refractivity contribution in [3.8, 4) is 5.75 Å². The lowest BCUT2D eigenvalue weighted by molar-refractivity contribution is -0.145. The number of nitrogens with two attached hydrogens (primary N) is 1. The number of hydrogen-bond donors (Lipinski definition) is 7. The summed E-state index contributed by atoms with van der Waals surface area (Å²) >= 11 is 0. The number of phenols is 1. The Kier molecular flexibility index (Phi) is 12.3. The van der Waals surface area contributed by atoms with Crippen LogP contribution < -0.4 is 21.7 Å². The maximum absolute atomic E-state index is 13.2. The predicted molar refractivity (Wildman–Crippen MR) is 134 cm³/mol. The molecule has 0 aliphatic rings. The van der Waals surface area contributed by atoms with Gasteiger partial charge in [0, 0.05) is 0 Å². The molecule has 1 aromatic carbocycles. The molecule has 36 heavy (non-hydrogen) atoms. The quantitative estimate of drug-likeness (QED) is 0.186. The van der Waals surface area contributed by atoms with Crippen LogP contribution in [0.5, 0.6) is 5.75 Å². The van der Waals surface area contributed by atoms with Gasteiger partial charge in [0.05, 0.1) is 12.1 Å². The second-order valence-electron chi connectivity index (χ2n) is 9.29. The van der Waals surface area contributed by atoms with Crippen molar-refractivity contribution in [3.63, 3.8) is 0 Å². The van der Waals surface area contributed by atoms with Crippen molar-refractivity contribution in [2.75, 3.05) is 0 Å². The van der Waals surface area contributed by atoms with Crippen LogP contribution in [0, 0.1) is 11.8 Å². The molecule has 0 aromatic heterocycles. The van der Waals surface area contributed by atoms with E-state index in [4.69, 9.17) is 5.73 Å². The average molecular weight is 509 g/mol. The number of carboxylic acid groups (broad SMARTS) is 1. The maximum atomic E-state index is 13.2. The second kappa shape index (κ2) is 14.4. The minimum Gasteiger partial charge on any atom is -0.508 e. The fourth-order valence-corrected chi connectivity index (χ4v) is 3.52. The zero-order valence-corrected chi connectivity index (χ0v) is 21.5. The Balaban J connectivity index is 3.01. The molecule has 7 unspecified atom stereocenters. The van der Waals surface area contributed by atoms with E-state index in [2.05, 4.69) is 16.0 Å². The van der Waals surface area contributed by atoms with Crippen LogP contribution in [0.4, 0.5) is 0 Å². The van der Waals surface area contributed by atoms with Gasteiger partial charge in [0.2, 0.25) is 17.7 Å². The molecule has 1 aromatic rings. The first-order valence-corrected chi connectivity index (χ1v) is 12.2. The molecular weight excluding hydrogens is 468 g/mol. The number of carboxylic acids is 1. The number of phenolic OH excluding ortho intramolecular Hbond substituents is 1. The Morgan fingerprint density at radius 3 is 1.61 bits per heavy atom. The number of rotatable bonds is 14.